The van der Waals surface area contributed by atoms with Gasteiger partial charge in [0.15, 0.2) is 0 Å². The van der Waals surface area contributed by atoms with Gasteiger partial charge in [0.25, 0.3) is 5.56 Å². The predicted octanol–water partition coefficient (Wildman–Crippen LogP) is -0.983. The fraction of sp³-hybridized carbons (Fsp3) is 0.500. The SMILES string of the molecule is CC(C)N1CC(NC(=O)Cn2ncn3nccc3c2=O)CC1=O. The normalized spacial score (nSPS) is 18.1. The van der Waals surface area contributed by atoms with Crippen molar-refractivity contribution in [3.8, 4) is 0 Å². The van der Waals surface area contributed by atoms with Crippen molar-refractivity contribution in [2.45, 2.75) is 38.9 Å². The molecule has 0 spiro atoms. The van der Waals surface area contributed by atoms with E-state index in [0.29, 0.717) is 12.1 Å². The number of hydrogen-bond acceptors (Lipinski definition) is 5. The van der Waals surface area contributed by atoms with E-state index in [2.05, 4.69) is 15.5 Å². The van der Waals surface area contributed by atoms with E-state index in [-0.39, 0.29) is 42.4 Å². The van der Waals surface area contributed by atoms with E-state index in [9.17, 15) is 14.4 Å². The van der Waals surface area contributed by atoms with Crippen molar-refractivity contribution in [2.24, 2.45) is 0 Å². The van der Waals surface area contributed by atoms with Crippen molar-refractivity contribution in [1.82, 2.24) is 29.6 Å². The van der Waals surface area contributed by atoms with Crippen LogP contribution < -0.4 is 10.9 Å². The van der Waals surface area contributed by atoms with Gasteiger partial charge in [-0.1, -0.05) is 0 Å². The van der Waals surface area contributed by atoms with Gasteiger partial charge in [-0.05, 0) is 19.9 Å². The summed E-state index contributed by atoms with van der Waals surface area (Å²) < 4.78 is 2.44. The van der Waals surface area contributed by atoms with Crippen LogP contribution in [0.25, 0.3) is 5.52 Å². The minimum Gasteiger partial charge on any atom is -0.349 e. The van der Waals surface area contributed by atoms with Gasteiger partial charge >= 0.3 is 0 Å². The van der Waals surface area contributed by atoms with Crippen molar-refractivity contribution in [3.63, 3.8) is 0 Å². The Morgan fingerprint density at radius 2 is 2.17 bits per heavy atom. The number of rotatable bonds is 4. The summed E-state index contributed by atoms with van der Waals surface area (Å²) in [6.07, 6.45) is 3.16. The van der Waals surface area contributed by atoms with E-state index in [0.717, 1.165) is 4.68 Å². The van der Waals surface area contributed by atoms with E-state index >= 15 is 0 Å². The Labute approximate surface area is 131 Å². The smallest absolute Gasteiger partial charge is 0.293 e. The summed E-state index contributed by atoms with van der Waals surface area (Å²) in [5.41, 5.74) is -0.0266. The number of fused-ring (bicyclic) bond motifs is 1. The number of aromatic nitrogens is 4. The molecular formula is C14H18N6O3. The van der Waals surface area contributed by atoms with Gasteiger partial charge in [-0.25, -0.2) is 9.20 Å². The summed E-state index contributed by atoms with van der Waals surface area (Å²) >= 11 is 0. The lowest BCUT2D eigenvalue weighted by molar-refractivity contribution is -0.129. The topological polar surface area (TPSA) is 102 Å². The minimum absolute atomic E-state index is 0.0290. The Bertz CT molecular complexity index is 808. The van der Waals surface area contributed by atoms with E-state index < -0.39 is 0 Å². The third-order valence-electron chi connectivity index (χ3n) is 3.86. The molecule has 0 radical (unpaired) electrons. The van der Waals surface area contributed by atoms with Gasteiger partial charge in [0.1, 0.15) is 18.4 Å². The molecule has 1 N–H and O–H groups in total. The van der Waals surface area contributed by atoms with Gasteiger partial charge in [0, 0.05) is 19.0 Å². The Hall–Kier alpha value is -2.71. The molecule has 0 saturated carbocycles. The van der Waals surface area contributed by atoms with E-state index in [1.165, 1.54) is 17.0 Å². The molecular weight excluding hydrogens is 300 g/mol. The van der Waals surface area contributed by atoms with Crippen LogP contribution in [0.15, 0.2) is 23.4 Å². The van der Waals surface area contributed by atoms with E-state index in [1.807, 2.05) is 13.8 Å². The Balaban J connectivity index is 1.66. The number of hydrogen-bond donors (Lipinski definition) is 1. The van der Waals surface area contributed by atoms with Gasteiger partial charge in [-0.2, -0.15) is 10.2 Å². The summed E-state index contributed by atoms with van der Waals surface area (Å²) in [4.78, 5) is 37.8. The molecule has 2 amide bonds. The summed E-state index contributed by atoms with van der Waals surface area (Å²) in [7, 11) is 0. The van der Waals surface area contributed by atoms with Gasteiger partial charge in [0.05, 0.1) is 12.2 Å². The molecule has 2 aromatic heterocycles. The first-order valence-electron chi connectivity index (χ1n) is 7.44. The molecule has 0 aromatic carbocycles. The second-order valence-electron chi connectivity index (χ2n) is 5.86. The molecule has 9 nitrogen and oxygen atoms in total. The lowest BCUT2D eigenvalue weighted by Crippen LogP contribution is -2.41. The number of likely N-dealkylation sites (tertiary alicyclic amines) is 1. The summed E-state index contributed by atoms with van der Waals surface area (Å²) in [6.45, 7) is 4.18. The first-order chi connectivity index (χ1) is 11.0. The quantitative estimate of drug-likeness (QED) is 0.780. The molecule has 9 heteroatoms. The minimum atomic E-state index is -0.383. The number of nitrogens with zero attached hydrogens (tertiary/aromatic N) is 5. The van der Waals surface area contributed by atoms with Crippen LogP contribution >= 0.6 is 0 Å². The first kappa shape index (κ1) is 15.2. The molecule has 1 unspecified atom stereocenters. The largest absolute Gasteiger partial charge is 0.349 e. The van der Waals surface area contributed by atoms with Crippen LogP contribution in [-0.2, 0) is 16.1 Å². The second-order valence-corrected chi connectivity index (χ2v) is 5.86. The Kier molecular flexibility index (Phi) is 3.85. The molecule has 1 fully saturated rings. The maximum Gasteiger partial charge on any atom is 0.293 e. The van der Waals surface area contributed by atoms with Crippen molar-refractivity contribution >= 4 is 17.3 Å². The third-order valence-corrected chi connectivity index (χ3v) is 3.86. The van der Waals surface area contributed by atoms with Crippen LogP contribution in [0, 0.1) is 0 Å². The summed E-state index contributed by atoms with van der Waals surface area (Å²) in [5.74, 6) is -0.312. The van der Waals surface area contributed by atoms with Crippen LogP contribution in [0.5, 0.6) is 0 Å². The average molecular weight is 318 g/mol. The van der Waals surface area contributed by atoms with Crippen molar-refractivity contribution in [3.05, 3.63) is 28.9 Å². The molecule has 3 rings (SSSR count). The number of nitrogens with one attached hydrogen (secondary N) is 1. The molecule has 1 aliphatic rings. The van der Waals surface area contributed by atoms with Gasteiger partial charge < -0.3 is 10.2 Å². The van der Waals surface area contributed by atoms with Gasteiger partial charge in [0.2, 0.25) is 11.8 Å². The molecule has 23 heavy (non-hydrogen) atoms. The number of carbonyl (C=O) groups is 2. The highest BCUT2D eigenvalue weighted by molar-refractivity contribution is 5.82. The van der Waals surface area contributed by atoms with Crippen LogP contribution in [-0.4, -0.2) is 54.7 Å². The average Bonchev–Trinajstić information content (AvgIpc) is 3.09. The van der Waals surface area contributed by atoms with Gasteiger partial charge in [-0.15, -0.1) is 0 Å². The summed E-state index contributed by atoms with van der Waals surface area (Å²) in [5, 5.41) is 10.6. The van der Waals surface area contributed by atoms with Crippen molar-refractivity contribution < 1.29 is 9.59 Å². The molecule has 1 aliphatic heterocycles. The van der Waals surface area contributed by atoms with Crippen LogP contribution in [0.3, 0.4) is 0 Å². The highest BCUT2D eigenvalue weighted by atomic mass is 16.2. The Morgan fingerprint density at radius 3 is 2.87 bits per heavy atom. The molecule has 1 atom stereocenters. The Morgan fingerprint density at radius 1 is 1.39 bits per heavy atom. The molecule has 0 aliphatic carbocycles. The molecule has 1 saturated heterocycles. The molecule has 2 aromatic rings. The fourth-order valence-corrected chi connectivity index (χ4v) is 2.72. The lowest BCUT2D eigenvalue weighted by atomic mass is 10.2. The first-order valence-corrected chi connectivity index (χ1v) is 7.44. The summed E-state index contributed by atoms with van der Waals surface area (Å²) in [6, 6.07) is 1.44. The number of amides is 2. The van der Waals surface area contributed by atoms with Crippen molar-refractivity contribution in [1.29, 1.82) is 0 Å². The standard InChI is InChI=1S/C14H18N6O3/c1-9(2)18-6-10(5-13(18)22)17-12(21)7-19-14(23)11-3-4-15-20(11)8-16-19/h3-4,8-10H,5-7H2,1-2H3,(H,17,21). The second kappa shape index (κ2) is 5.82. The maximum absolute atomic E-state index is 12.2. The van der Waals surface area contributed by atoms with Crippen molar-refractivity contribution in [2.75, 3.05) is 6.54 Å². The fourth-order valence-electron chi connectivity index (χ4n) is 2.72. The monoisotopic (exact) mass is 318 g/mol. The highest BCUT2D eigenvalue weighted by Crippen LogP contribution is 2.14. The van der Waals surface area contributed by atoms with Crippen LogP contribution in [0.2, 0.25) is 0 Å². The van der Waals surface area contributed by atoms with Gasteiger partial charge in [-0.3, -0.25) is 14.4 Å². The molecule has 0 bridgehead atoms. The van der Waals surface area contributed by atoms with Crippen LogP contribution in [0.4, 0.5) is 0 Å². The van der Waals surface area contributed by atoms with Crippen LogP contribution in [0.1, 0.15) is 20.3 Å². The maximum atomic E-state index is 12.2. The highest BCUT2D eigenvalue weighted by Gasteiger charge is 2.31. The van der Waals surface area contributed by atoms with E-state index in [4.69, 9.17) is 0 Å². The zero-order valence-electron chi connectivity index (χ0n) is 13.0. The predicted molar refractivity (Wildman–Crippen MR) is 80.6 cm³/mol. The zero-order chi connectivity index (χ0) is 16.6. The lowest BCUT2D eigenvalue weighted by Gasteiger charge is -2.21. The molecule has 3 heterocycles. The van der Waals surface area contributed by atoms with E-state index in [1.54, 1.807) is 11.0 Å². The third kappa shape index (κ3) is 2.94. The zero-order valence-corrected chi connectivity index (χ0v) is 13.0. The number of carbonyl (C=O) groups excluding carboxylic acids is 2. The molecule has 122 valence electrons.